The van der Waals surface area contributed by atoms with Crippen molar-refractivity contribution in [3.63, 3.8) is 0 Å². The van der Waals surface area contributed by atoms with Crippen molar-refractivity contribution in [2.45, 2.75) is 19.0 Å². The molecule has 0 aromatic heterocycles. The Morgan fingerprint density at radius 2 is 1.90 bits per heavy atom. The second-order valence-corrected chi connectivity index (χ2v) is 4.69. The number of carbonyl (C=O) groups is 1. The van der Waals surface area contributed by atoms with Crippen LogP contribution in [0.1, 0.15) is 18.5 Å². The zero-order valence-corrected chi connectivity index (χ0v) is 12.3. The fraction of sp³-hybridized carbons (Fsp3) is 0.533. The maximum atomic E-state index is 11.7. The molecule has 0 aliphatic rings. The Labute approximate surface area is 120 Å². The molecule has 1 aromatic carbocycles. The van der Waals surface area contributed by atoms with Gasteiger partial charge in [0.05, 0.1) is 13.2 Å². The largest absolute Gasteiger partial charge is 0.480 e. The van der Waals surface area contributed by atoms with Gasteiger partial charge in [-0.05, 0) is 12.5 Å². The van der Waals surface area contributed by atoms with Crippen molar-refractivity contribution < 1.29 is 19.4 Å². The average molecular weight is 281 g/mol. The van der Waals surface area contributed by atoms with Gasteiger partial charge in [0.2, 0.25) is 0 Å². The predicted molar refractivity (Wildman–Crippen MR) is 76.7 cm³/mol. The first-order valence-corrected chi connectivity index (χ1v) is 6.63. The molecule has 5 nitrogen and oxygen atoms in total. The molecule has 112 valence electrons. The van der Waals surface area contributed by atoms with Crippen LogP contribution in [0.5, 0.6) is 0 Å². The van der Waals surface area contributed by atoms with Crippen molar-refractivity contribution in [1.29, 1.82) is 0 Å². The number of rotatable bonds is 9. The van der Waals surface area contributed by atoms with Crippen molar-refractivity contribution in [2.75, 3.05) is 34.0 Å². The van der Waals surface area contributed by atoms with E-state index >= 15 is 0 Å². The molecule has 1 rings (SSSR count). The highest BCUT2D eigenvalue weighted by molar-refractivity contribution is 5.75. The summed E-state index contributed by atoms with van der Waals surface area (Å²) in [5, 5.41) is 9.59. The quantitative estimate of drug-likeness (QED) is 0.748. The summed E-state index contributed by atoms with van der Waals surface area (Å²) < 4.78 is 10.2. The summed E-state index contributed by atoms with van der Waals surface area (Å²) >= 11 is 0. The highest BCUT2D eigenvalue weighted by Gasteiger charge is 2.30. The van der Waals surface area contributed by atoms with Gasteiger partial charge in [-0.2, -0.15) is 0 Å². The third kappa shape index (κ3) is 4.59. The first-order chi connectivity index (χ1) is 9.61. The van der Waals surface area contributed by atoms with E-state index in [-0.39, 0.29) is 6.04 Å². The summed E-state index contributed by atoms with van der Waals surface area (Å²) in [4.78, 5) is 13.6. The molecule has 0 saturated carbocycles. The Morgan fingerprint density at radius 3 is 2.40 bits per heavy atom. The molecule has 0 aliphatic carbocycles. The topological polar surface area (TPSA) is 59.0 Å². The molecule has 0 amide bonds. The van der Waals surface area contributed by atoms with Crippen LogP contribution < -0.4 is 0 Å². The Kier molecular flexibility index (Phi) is 7.22. The minimum Gasteiger partial charge on any atom is -0.480 e. The molecule has 0 spiro atoms. The molecule has 2 atom stereocenters. The Bertz CT molecular complexity index is 396. The number of carboxylic acids is 1. The lowest BCUT2D eigenvalue weighted by Gasteiger charge is -2.33. The monoisotopic (exact) mass is 281 g/mol. The smallest absolute Gasteiger partial charge is 0.325 e. The minimum absolute atomic E-state index is 0.0172. The average Bonchev–Trinajstić information content (AvgIpc) is 2.44. The Hall–Kier alpha value is -1.43. The number of methoxy groups -OCH3 is 2. The van der Waals surface area contributed by atoms with Gasteiger partial charge >= 0.3 is 5.97 Å². The lowest BCUT2D eigenvalue weighted by atomic mass is 10.0. The molecule has 0 aliphatic heterocycles. The molecule has 5 heteroatoms. The van der Waals surface area contributed by atoms with Crippen LogP contribution in [-0.2, 0) is 14.3 Å². The lowest BCUT2D eigenvalue weighted by Crippen LogP contribution is -2.44. The van der Waals surface area contributed by atoms with Crippen LogP contribution in [0.4, 0.5) is 0 Å². The van der Waals surface area contributed by atoms with E-state index < -0.39 is 12.0 Å². The predicted octanol–water partition coefficient (Wildman–Crippen LogP) is 1.80. The molecule has 1 N–H and O–H groups in total. The molecule has 20 heavy (non-hydrogen) atoms. The number of nitrogens with zero attached hydrogens (tertiary/aromatic N) is 1. The van der Waals surface area contributed by atoms with E-state index in [1.54, 1.807) is 14.2 Å². The summed E-state index contributed by atoms with van der Waals surface area (Å²) in [5.41, 5.74) is 0.763. The van der Waals surface area contributed by atoms with Crippen LogP contribution in [-0.4, -0.2) is 56.0 Å². The van der Waals surface area contributed by atoms with Gasteiger partial charge in [0, 0.05) is 26.8 Å². The van der Waals surface area contributed by atoms with E-state index in [0.717, 1.165) is 5.56 Å². The van der Waals surface area contributed by atoms with Crippen molar-refractivity contribution >= 4 is 5.97 Å². The molecular formula is C15H23NO4. The summed E-state index contributed by atoms with van der Waals surface area (Å²) in [6.07, 6.45) is 0. The van der Waals surface area contributed by atoms with Crippen LogP contribution in [0.3, 0.4) is 0 Å². The second kappa shape index (κ2) is 8.68. The van der Waals surface area contributed by atoms with E-state index in [4.69, 9.17) is 9.47 Å². The van der Waals surface area contributed by atoms with Gasteiger partial charge in [0.25, 0.3) is 0 Å². The van der Waals surface area contributed by atoms with E-state index in [1.165, 1.54) is 0 Å². The summed E-state index contributed by atoms with van der Waals surface area (Å²) in [6.45, 7) is 3.44. The van der Waals surface area contributed by atoms with Crippen LogP contribution in [0.2, 0.25) is 0 Å². The molecule has 2 unspecified atom stereocenters. The third-order valence-corrected chi connectivity index (χ3v) is 3.21. The first kappa shape index (κ1) is 16.6. The molecule has 1 aromatic rings. The number of aliphatic carboxylic acids is 1. The SMILES string of the molecule is COCCN(C(C)COC)C(C(=O)O)c1ccccc1. The highest BCUT2D eigenvalue weighted by Crippen LogP contribution is 2.23. The summed E-state index contributed by atoms with van der Waals surface area (Å²) in [5.74, 6) is -0.866. The van der Waals surface area contributed by atoms with Crippen molar-refractivity contribution in [1.82, 2.24) is 4.90 Å². The summed E-state index contributed by atoms with van der Waals surface area (Å²) in [7, 11) is 3.22. The Morgan fingerprint density at radius 1 is 1.25 bits per heavy atom. The van der Waals surface area contributed by atoms with Gasteiger partial charge in [-0.25, -0.2) is 0 Å². The lowest BCUT2D eigenvalue weighted by molar-refractivity contribution is -0.145. The van der Waals surface area contributed by atoms with Gasteiger partial charge in [-0.15, -0.1) is 0 Å². The molecule has 0 heterocycles. The van der Waals surface area contributed by atoms with Gasteiger partial charge in [-0.3, -0.25) is 9.69 Å². The van der Waals surface area contributed by atoms with Crippen molar-refractivity contribution in [3.05, 3.63) is 35.9 Å². The molecule has 0 radical (unpaired) electrons. The normalized spacial score (nSPS) is 14.2. The molecule has 0 bridgehead atoms. The number of hydrogen-bond donors (Lipinski definition) is 1. The van der Waals surface area contributed by atoms with Crippen LogP contribution in [0.15, 0.2) is 30.3 Å². The second-order valence-electron chi connectivity index (χ2n) is 4.69. The van der Waals surface area contributed by atoms with E-state index in [9.17, 15) is 9.90 Å². The fourth-order valence-corrected chi connectivity index (χ4v) is 2.25. The third-order valence-electron chi connectivity index (χ3n) is 3.21. The molecular weight excluding hydrogens is 258 g/mol. The summed E-state index contributed by atoms with van der Waals surface area (Å²) in [6, 6.07) is 8.52. The maximum absolute atomic E-state index is 11.7. The van der Waals surface area contributed by atoms with Crippen LogP contribution in [0, 0.1) is 0 Å². The zero-order chi connectivity index (χ0) is 15.0. The van der Waals surface area contributed by atoms with Crippen molar-refractivity contribution in [2.24, 2.45) is 0 Å². The van der Waals surface area contributed by atoms with E-state index in [0.29, 0.717) is 19.8 Å². The zero-order valence-electron chi connectivity index (χ0n) is 12.3. The van der Waals surface area contributed by atoms with Gasteiger partial charge in [0.15, 0.2) is 0 Å². The van der Waals surface area contributed by atoms with Crippen LogP contribution in [0.25, 0.3) is 0 Å². The maximum Gasteiger partial charge on any atom is 0.325 e. The molecule has 0 saturated heterocycles. The minimum atomic E-state index is -0.866. The Balaban J connectivity index is 3.01. The highest BCUT2D eigenvalue weighted by atomic mass is 16.5. The molecule has 0 fully saturated rings. The first-order valence-electron chi connectivity index (χ1n) is 6.63. The number of carboxylic acid groups (broad SMARTS) is 1. The van der Waals surface area contributed by atoms with E-state index in [1.807, 2.05) is 42.2 Å². The number of benzene rings is 1. The van der Waals surface area contributed by atoms with Gasteiger partial charge in [-0.1, -0.05) is 30.3 Å². The van der Waals surface area contributed by atoms with Crippen LogP contribution >= 0.6 is 0 Å². The van der Waals surface area contributed by atoms with Gasteiger partial charge < -0.3 is 14.6 Å². The van der Waals surface area contributed by atoms with Gasteiger partial charge in [0.1, 0.15) is 6.04 Å². The van der Waals surface area contributed by atoms with Crippen molar-refractivity contribution in [3.8, 4) is 0 Å². The standard InChI is InChI=1S/C15H23NO4/c1-12(11-20-3)16(9-10-19-2)14(15(17)18)13-7-5-4-6-8-13/h4-8,12,14H,9-11H2,1-3H3,(H,17,18). The number of hydrogen-bond acceptors (Lipinski definition) is 4. The van der Waals surface area contributed by atoms with E-state index in [2.05, 4.69) is 0 Å². The number of ether oxygens (including phenoxy) is 2. The fourth-order valence-electron chi connectivity index (χ4n) is 2.25.